The van der Waals surface area contributed by atoms with Crippen LogP contribution in [0.5, 0.6) is 5.75 Å². The standard InChI is InChI=1S/C20H16Cl2FN3O5S/c21-13-2-4-17(15(22)5-13)32(29,30)26-10-20(18(26)8-25(20)19(28)9-27)11-31-14-3-1-12(7-24)16(23)6-14/h1-6,18,27H,8-11H2. The van der Waals surface area contributed by atoms with E-state index in [0.29, 0.717) is 5.02 Å². The summed E-state index contributed by atoms with van der Waals surface area (Å²) in [6, 6.07) is 8.86. The number of carbonyl (C=O) groups excluding carboxylic acids is 1. The summed E-state index contributed by atoms with van der Waals surface area (Å²) in [4.78, 5) is 13.4. The summed E-state index contributed by atoms with van der Waals surface area (Å²) >= 11 is 11.9. The second-order valence-electron chi connectivity index (χ2n) is 7.45. The van der Waals surface area contributed by atoms with Crippen LogP contribution in [-0.4, -0.2) is 66.5 Å². The van der Waals surface area contributed by atoms with Crippen LogP contribution in [0.25, 0.3) is 0 Å². The van der Waals surface area contributed by atoms with Crippen LogP contribution in [0, 0.1) is 17.1 Å². The van der Waals surface area contributed by atoms with Crippen LogP contribution < -0.4 is 4.74 Å². The van der Waals surface area contributed by atoms with Gasteiger partial charge in [-0.3, -0.25) is 4.79 Å². The molecule has 4 rings (SSSR count). The van der Waals surface area contributed by atoms with Gasteiger partial charge in [-0.15, -0.1) is 0 Å². The van der Waals surface area contributed by atoms with Crippen LogP contribution in [0.4, 0.5) is 4.39 Å². The van der Waals surface area contributed by atoms with Crippen LogP contribution in [0.15, 0.2) is 41.3 Å². The van der Waals surface area contributed by atoms with Crippen LogP contribution in [0.2, 0.25) is 10.0 Å². The summed E-state index contributed by atoms with van der Waals surface area (Å²) in [6.45, 7) is -0.900. The Labute approximate surface area is 193 Å². The lowest BCUT2D eigenvalue weighted by Crippen LogP contribution is -2.90. The van der Waals surface area contributed by atoms with Crippen LogP contribution in [0.3, 0.4) is 0 Å². The Morgan fingerprint density at radius 1 is 1.31 bits per heavy atom. The fraction of sp³-hybridized carbons (Fsp3) is 0.300. The first-order chi connectivity index (χ1) is 15.1. The van der Waals surface area contributed by atoms with Crippen molar-refractivity contribution in [2.24, 2.45) is 0 Å². The number of hydrogen-bond acceptors (Lipinski definition) is 6. The fourth-order valence-electron chi connectivity index (χ4n) is 4.01. The van der Waals surface area contributed by atoms with E-state index in [0.717, 1.165) is 6.07 Å². The molecule has 1 N–H and O–H groups in total. The average molecular weight is 500 g/mol. The summed E-state index contributed by atoms with van der Waals surface area (Å²) in [5.41, 5.74) is -1.16. The normalized spacial score (nSPS) is 22.3. The maximum atomic E-state index is 13.9. The quantitative estimate of drug-likeness (QED) is 0.650. The molecular weight excluding hydrogens is 484 g/mol. The number of nitrogens with zero attached hydrogens (tertiary/aromatic N) is 3. The average Bonchev–Trinajstić information content (AvgIpc) is 2.73. The van der Waals surface area contributed by atoms with E-state index >= 15 is 0 Å². The number of ether oxygens (including phenoxy) is 1. The Kier molecular flexibility index (Phi) is 5.81. The Morgan fingerprint density at radius 3 is 2.66 bits per heavy atom. The number of halogens is 3. The number of aliphatic hydroxyl groups is 1. The SMILES string of the molecule is N#Cc1ccc(OCC23CN(S(=O)(=O)c4ccc(Cl)cc4Cl)C2CN3C(=O)CO)cc1F. The molecular formula is C20H16Cl2FN3O5S. The molecule has 2 aromatic rings. The van der Waals surface area contributed by atoms with Gasteiger partial charge in [0.05, 0.1) is 16.6 Å². The predicted octanol–water partition coefficient (Wildman–Crippen LogP) is 2.03. The van der Waals surface area contributed by atoms with E-state index in [1.807, 2.05) is 0 Å². The fourth-order valence-corrected chi connectivity index (χ4v) is 6.50. The van der Waals surface area contributed by atoms with Gasteiger partial charge in [-0.05, 0) is 30.3 Å². The van der Waals surface area contributed by atoms with Gasteiger partial charge < -0.3 is 14.7 Å². The number of benzene rings is 2. The number of rotatable bonds is 6. The zero-order chi connectivity index (χ0) is 23.3. The number of sulfonamides is 1. The molecule has 2 aromatic carbocycles. The zero-order valence-corrected chi connectivity index (χ0v) is 18.7. The van der Waals surface area contributed by atoms with E-state index in [9.17, 15) is 22.7 Å². The Balaban J connectivity index is 1.58. The molecule has 0 aromatic heterocycles. The highest BCUT2D eigenvalue weighted by Crippen LogP contribution is 2.48. The van der Waals surface area contributed by atoms with Gasteiger partial charge >= 0.3 is 0 Å². The van der Waals surface area contributed by atoms with Gasteiger partial charge in [0.15, 0.2) is 0 Å². The Morgan fingerprint density at radius 2 is 2.06 bits per heavy atom. The van der Waals surface area contributed by atoms with Gasteiger partial charge in [-0.1, -0.05) is 23.2 Å². The molecule has 0 saturated carbocycles. The first-order valence-corrected chi connectivity index (χ1v) is 11.5. The van der Waals surface area contributed by atoms with E-state index in [2.05, 4.69) is 0 Å². The molecule has 0 spiro atoms. The summed E-state index contributed by atoms with van der Waals surface area (Å²) in [5.74, 6) is -1.21. The number of amides is 1. The smallest absolute Gasteiger partial charge is 0.249 e. The summed E-state index contributed by atoms with van der Waals surface area (Å²) < 4.78 is 47.0. The molecule has 0 bridgehead atoms. The van der Waals surface area contributed by atoms with Crippen molar-refractivity contribution >= 4 is 39.1 Å². The molecule has 2 unspecified atom stereocenters. The third-order valence-corrected chi connectivity index (χ3v) is 8.33. The number of nitriles is 1. The van der Waals surface area contributed by atoms with E-state index < -0.39 is 39.9 Å². The maximum Gasteiger partial charge on any atom is 0.249 e. The van der Waals surface area contributed by atoms with Crippen molar-refractivity contribution in [1.82, 2.24) is 9.21 Å². The van der Waals surface area contributed by atoms with Crippen molar-refractivity contribution in [3.63, 3.8) is 0 Å². The molecule has 32 heavy (non-hydrogen) atoms. The van der Waals surface area contributed by atoms with Gasteiger partial charge in [0.2, 0.25) is 15.9 Å². The number of hydrogen-bond donors (Lipinski definition) is 1. The minimum absolute atomic E-state index is 0.0260. The third kappa shape index (κ3) is 3.50. The molecule has 1 amide bonds. The monoisotopic (exact) mass is 499 g/mol. The van der Waals surface area contributed by atoms with Gasteiger partial charge in [0, 0.05) is 24.2 Å². The molecule has 0 radical (unpaired) electrons. The van der Waals surface area contributed by atoms with Crippen molar-refractivity contribution in [2.45, 2.75) is 16.5 Å². The van der Waals surface area contributed by atoms with Gasteiger partial charge in [0.1, 0.15) is 41.3 Å². The van der Waals surface area contributed by atoms with E-state index in [1.54, 1.807) is 6.07 Å². The third-order valence-electron chi connectivity index (χ3n) is 5.76. The van der Waals surface area contributed by atoms with Crippen LogP contribution in [-0.2, 0) is 14.8 Å². The summed E-state index contributed by atoms with van der Waals surface area (Å²) in [7, 11) is -3.98. The lowest BCUT2D eigenvalue weighted by Gasteiger charge is -2.68. The minimum Gasteiger partial charge on any atom is -0.491 e. The Hall–Kier alpha value is -2.42. The largest absolute Gasteiger partial charge is 0.491 e. The first kappa shape index (κ1) is 22.8. The van der Waals surface area contributed by atoms with Crippen LogP contribution in [0.1, 0.15) is 5.56 Å². The number of likely N-dealkylation sites (tertiary alicyclic amines) is 1. The van der Waals surface area contributed by atoms with E-state index in [4.69, 9.17) is 33.2 Å². The van der Waals surface area contributed by atoms with Crippen molar-refractivity contribution < 1.29 is 27.4 Å². The number of aliphatic hydroxyl groups excluding tert-OH is 1. The second-order valence-corrected chi connectivity index (χ2v) is 10.2. The molecule has 2 atom stereocenters. The van der Waals surface area contributed by atoms with Crippen LogP contribution >= 0.6 is 23.2 Å². The van der Waals surface area contributed by atoms with Gasteiger partial charge in [-0.2, -0.15) is 9.57 Å². The molecule has 2 aliphatic rings. The molecule has 0 aliphatic carbocycles. The highest BCUT2D eigenvalue weighted by Gasteiger charge is 2.69. The van der Waals surface area contributed by atoms with Crippen molar-refractivity contribution in [1.29, 1.82) is 5.26 Å². The first-order valence-electron chi connectivity index (χ1n) is 9.35. The number of fused-ring (bicyclic) bond motifs is 1. The topological polar surface area (TPSA) is 111 Å². The minimum atomic E-state index is -3.98. The molecule has 8 nitrogen and oxygen atoms in total. The molecule has 2 aliphatic heterocycles. The number of carbonyl (C=O) groups is 1. The van der Waals surface area contributed by atoms with Crippen molar-refractivity contribution in [3.05, 3.63) is 57.8 Å². The number of piperazine rings is 1. The summed E-state index contributed by atoms with van der Waals surface area (Å²) in [6.07, 6.45) is 0. The lowest BCUT2D eigenvalue weighted by atomic mass is 9.73. The second kappa shape index (κ2) is 8.17. The van der Waals surface area contributed by atoms with Crippen molar-refractivity contribution in [3.8, 4) is 11.8 Å². The molecule has 12 heteroatoms. The molecule has 168 valence electrons. The lowest BCUT2D eigenvalue weighted by molar-refractivity contribution is -0.196. The van der Waals surface area contributed by atoms with Gasteiger partial charge in [0.25, 0.3) is 0 Å². The highest BCUT2D eigenvalue weighted by atomic mass is 35.5. The Bertz CT molecular complexity index is 1250. The zero-order valence-electron chi connectivity index (χ0n) is 16.3. The molecule has 2 heterocycles. The predicted molar refractivity (Wildman–Crippen MR) is 112 cm³/mol. The summed E-state index contributed by atoms with van der Waals surface area (Å²) in [5, 5.41) is 18.4. The van der Waals surface area contributed by atoms with E-state index in [-0.39, 0.29) is 40.9 Å². The highest BCUT2D eigenvalue weighted by molar-refractivity contribution is 7.89. The molecule has 2 fully saturated rings. The van der Waals surface area contributed by atoms with Gasteiger partial charge in [-0.25, -0.2) is 12.8 Å². The molecule has 2 saturated heterocycles. The van der Waals surface area contributed by atoms with E-state index in [1.165, 1.54) is 39.5 Å². The maximum absolute atomic E-state index is 13.9. The van der Waals surface area contributed by atoms with Crippen molar-refractivity contribution in [2.75, 3.05) is 26.3 Å².